The second kappa shape index (κ2) is 17.8. The van der Waals surface area contributed by atoms with E-state index >= 15 is 0 Å². The Morgan fingerprint density at radius 1 is 0.755 bits per heavy atom. The SMILES string of the molecule is CCCCCCCCOC(=O)CC[C@@H](C)[C@H]1CC[C@H]2C3[C@H](OC(=O)CN)CC4C[C@H](OC(=O)CN)CC[C@]4(C)[C@H]3C[C@H](OC(=O)CN)[C@]12C. The molecule has 0 aliphatic heterocycles. The summed E-state index contributed by atoms with van der Waals surface area (Å²) in [4.78, 5) is 50.5. The van der Waals surface area contributed by atoms with Gasteiger partial charge in [0.1, 0.15) is 18.3 Å². The van der Waals surface area contributed by atoms with Crippen molar-refractivity contribution in [2.75, 3.05) is 26.2 Å². The molecule has 280 valence electrons. The molecule has 0 bridgehead atoms. The molecule has 11 heteroatoms. The molecule has 0 amide bonds. The third-order valence-corrected chi connectivity index (χ3v) is 13.4. The first-order valence-electron chi connectivity index (χ1n) is 19.3. The summed E-state index contributed by atoms with van der Waals surface area (Å²) in [5.41, 5.74) is 16.6. The van der Waals surface area contributed by atoms with E-state index in [1.165, 1.54) is 25.7 Å². The average molecular weight is 692 g/mol. The lowest BCUT2D eigenvalue weighted by molar-refractivity contribution is -0.225. The Kier molecular flexibility index (Phi) is 14.4. The average Bonchev–Trinajstić information content (AvgIpc) is 3.45. The normalized spacial score (nSPS) is 35.7. The number of rotatable bonds is 17. The summed E-state index contributed by atoms with van der Waals surface area (Å²) in [5.74, 6) is -0.547. The molecule has 49 heavy (non-hydrogen) atoms. The van der Waals surface area contributed by atoms with Crippen LogP contribution in [-0.2, 0) is 38.1 Å². The molecule has 11 nitrogen and oxygen atoms in total. The maximum atomic E-state index is 12.9. The summed E-state index contributed by atoms with van der Waals surface area (Å²) in [6, 6.07) is 0. The molecule has 11 atom stereocenters. The van der Waals surface area contributed by atoms with Gasteiger partial charge in [-0.25, -0.2) is 0 Å². The summed E-state index contributed by atoms with van der Waals surface area (Å²) in [5, 5.41) is 0. The highest BCUT2D eigenvalue weighted by molar-refractivity contribution is 5.72. The first-order valence-corrected chi connectivity index (χ1v) is 19.3. The molecule has 4 aliphatic rings. The van der Waals surface area contributed by atoms with E-state index in [-0.39, 0.29) is 84.8 Å². The second-order valence-corrected chi connectivity index (χ2v) is 16.0. The van der Waals surface area contributed by atoms with Crippen molar-refractivity contribution in [3.05, 3.63) is 0 Å². The van der Waals surface area contributed by atoms with E-state index in [0.29, 0.717) is 38.7 Å². The van der Waals surface area contributed by atoms with Gasteiger partial charge in [-0.3, -0.25) is 19.2 Å². The number of hydrogen-bond acceptors (Lipinski definition) is 11. The van der Waals surface area contributed by atoms with Gasteiger partial charge in [0.2, 0.25) is 0 Å². The zero-order chi connectivity index (χ0) is 35.8. The lowest BCUT2D eigenvalue weighted by Gasteiger charge is -2.64. The lowest BCUT2D eigenvalue weighted by atomic mass is 9.43. The molecule has 0 aromatic rings. The van der Waals surface area contributed by atoms with E-state index in [9.17, 15) is 19.2 Å². The summed E-state index contributed by atoms with van der Waals surface area (Å²) in [6.45, 7) is 8.92. The highest BCUT2D eigenvalue weighted by Gasteiger charge is 2.67. The molecule has 2 unspecified atom stereocenters. The lowest BCUT2D eigenvalue weighted by Crippen LogP contribution is -2.63. The number of nitrogens with two attached hydrogens (primary N) is 3. The number of hydrogen-bond donors (Lipinski definition) is 3. The van der Waals surface area contributed by atoms with Crippen LogP contribution < -0.4 is 17.2 Å². The smallest absolute Gasteiger partial charge is 0.319 e. The van der Waals surface area contributed by atoms with Gasteiger partial charge in [-0.1, -0.05) is 59.8 Å². The van der Waals surface area contributed by atoms with Crippen LogP contribution in [0.3, 0.4) is 0 Å². The van der Waals surface area contributed by atoms with Crippen molar-refractivity contribution in [2.24, 2.45) is 63.5 Å². The molecular weight excluding hydrogens is 626 g/mol. The summed E-state index contributed by atoms with van der Waals surface area (Å²) >= 11 is 0. The van der Waals surface area contributed by atoms with Crippen LogP contribution in [0.15, 0.2) is 0 Å². The molecular formula is C38H65N3O8. The molecule has 0 spiro atoms. The van der Waals surface area contributed by atoms with Gasteiger partial charge in [0.25, 0.3) is 0 Å². The van der Waals surface area contributed by atoms with Crippen molar-refractivity contribution in [3.63, 3.8) is 0 Å². The highest BCUT2D eigenvalue weighted by atomic mass is 16.6. The van der Waals surface area contributed by atoms with Crippen molar-refractivity contribution in [3.8, 4) is 0 Å². The Labute approximate surface area is 293 Å². The van der Waals surface area contributed by atoms with Crippen molar-refractivity contribution >= 4 is 23.9 Å². The van der Waals surface area contributed by atoms with Crippen LogP contribution in [0.5, 0.6) is 0 Å². The van der Waals surface area contributed by atoms with Crippen LogP contribution in [0, 0.1) is 46.3 Å². The van der Waals surface area contributed by atoms with E-state index in [2.05, 4.69) is 27.7 Å². The predicted octanol–water partition coefficient (Wildman–Crippen LogP) is 4.80. The van der Waals surface area contributed by atoms with Crippen molar-refractivity contribution in [2.45, 2.75) is 142 Å². The Morgan fingerprint density at radius 3 is 2.10 bits per heavy atom. The number of fused-ring (bicyclic) bond motifs is 5. The topological polar surface area (TPSA) is 183 Å². The van der Waals surface area contributed by atoms with Gasteiger partial charge >= 0.3 is 23.9 Å². The Morgan fingerprint density at radius 2 is 1.41 bits per heavy atom. The Bertz CT molecular complexity index is 1140. The number of ether oxygens (including phenoxy) is 4. The maximum Gasteiger partial charge on any atom is 0.319 e. The largest absolute Gasteiger partial charge is 0.466 e. The zero-order valence-electron chi connectivity index (χ0n) is 30.6. The van der Waals surface area contributed by atoms with Crippen LogP contribution in [0.2, 0.25) is 0 Å². The number of unbranched alkanes of at least 4 members (excludes halogenated alkanes) is 5. The van der Waals surface area contributed by atoms with E-state index in [0.717, 1.165) is 38.5 Å². The standard InChI is InChI=1S/C38H65N3O8/c1-5-6-7-8-9-10-17-46-32(42)14-11-24(2)27-12-13-28-36-29(20-31(38(27,28)4)49-35(45)23-41)37(3)16-15-26(47-33(43)21-39)18-25(37)19-30(36)48-34(44)22-40/h24-31,36H,5-23,39-41H2,1-4H3/t24-,25?,26-,27-,28+,29+,30-,31+,36?,37+,38-/m1/s1. The Balaban J connectivity index is 1.53. The quantitative estimate of drug-likeness (QED) is 0.108. The summed E-state index contributed by atoms with van der Waals surface area (Å²) < 4.78 is 23.8. The molecule has 0 aromatic heterocycles. The highest BCUT2D eigenvalue weighted by Crippen LogP contribution is 2.69. The van der Waals surface area contributed by atoms with Crippen molar-refractivity contribution in [1.29, 1.82) is 0 Å². The van der Waals surface area contributed by atoms with E-state index in [4.69, 9.17) is 36.1 Å². The minimum Gasteiger partial charge on any atom is -0.466 e. The van der Waals surface area contributed by atoms with Gasteiger partial charge in [-0.2, -0.15) is 0 Å². The fraction of sp³-hybridized carbons (Fsp3) is 0.895. The third-order valence-electron chi connectivity index (χ3n) is 13.4. The molecule has 0 radical (unpaired) electrons. The summed E-state index contributed by atoms with van der Waals surface area (Å²) in [6.07, 6.45) is 12.4. The van der Waals surface area contributed by atoms with Crippen LogP contribution >= 0.6 is 0 Å². The van der Waals surface area contributed by atoms with Crippen LogP contribution in [0.25, 0.3) is 0 Å². The van der Waals surface area contributed by atoms with Gasteiger partial charge in [0.15, 0.2) is 0 Å². The molecule has 4 aliphatic carbocycles. The van der Waals surface area contributed by atoms with Crippen molar-refractivity contribution in [1.82, 2.24) is 0 Å². The van der Waals surface area contributed by atoms with E-state index in [1.807, 2.05) is 0 Å². The molecule has 6 N–H and O–H groups in total. The maximum absolute atomic E-state index is 12.9. The molecule has 0 aromatic carbocycles. The van der Waals surface area contributed by atoms with Gasteiger partial charge in [0, 0.05) is 17.8 Å². The molecule has 4 rings (SSSR count). The van der Waals surface area contributed by atoms with Crippen molar-refractivity contribution < 1.29 is 38.1 Å². The first kappa shape index (κ1) is 39.5. The molecule has 4 fully saturated rings. The zero-order valence-corrected chi connectivity index (χ0v) is 30.6. The van der Waals surface area contributed by atoms with Crippen LogP contribution in [0.1, 0.15) is 124 Å². The molecule has 0 heterocycles. The minimum absolute atomic E-state index is 0.0669. The summed E-state index contributed by atoms with van der Waals surface area (Å²) in [7, 11) is 0. The van der Waals surface area contributed by atoms with E-state index < -0.39 is 23.3 Å². The van der Waals surface area contributed by atoms with Gasteiger partial charge in [-0.05, 0) is 92.8 Å². The predicted molar refractivity (Wildman–Crippen MR) is 186 cm³/mol. The monoisotopic (exact) mass is 691 g/mol. The third kappa shape index (κ3) is 8.98. The Hall–Kier alpha value is -2.24. The number of carbonyl (C=O) groups excluding carboxylic acids is 4. The minimum atomic E-state index is -0.421. The van der Waals surface area contributed by atoms with Gasteiger partial charge in [0.05, 0.1) is 26.2 Å². The fourth-order valence-corrected chi connectivity index (χ4v) is 10.8. The van der Waals surface area contributed by atoms with E-state index in [1.54, 1.807) is 0 Å². The molecule has 0 saturated heterocycles. The van der Waals surface area contributed by atoms with Crippen LogP contribution in [0.4, 0.5) is 0 Å². The number of esters is 4. The molecule has 4 saturated carbocycles. The number of carbonyl (C=O) groups is 4. The van der Waals surface area contributed by atoms with Gasteiger partial charge < -0.3 is 36.1 Å². The first-order chi connectivity index (χ1) is 23.4. The van der Waals surface area contributed by atoms with Crippen LogP contribution in [-0.4, -0.2) is 68.4 Å². The fourth-order valence-electron chi connectivity index (χ4n) is 10.8. The second-order valence-electron chi connectivity index (χ2n) is 16.0. The van der Waals surface area contributed by atoms with Gasteiger partial charge in [-0.15, -0.1) is 0 Å².